The minimum Gasteiger partial charge on any atom is -0.393 e. The molecule has 0 bridgehead atoms. The Hall–Kier alpha value is -0.820. The topological polar surface area (TPSA) is 20.2 Å². The van der Waals surface area contributed by atoms with Gasteiger partial charge in [0.2, 0.25) is 0 Å². The number of hydrogen-bond donors (Lipinski definition) is 1. The van der Waals surface area contributed by atoms with Crippen LogP contribution in [0.3, 0.4) is 0 Å². The molecule has 1 heteroatoms. The van der Waals surface area contributed by atoms with Gasteiger partial charge in [-0.3, -0.25) is 0 Å². The van der Waals surface area contributed by atoms with Crippen LogP contribution in [-0.2, 0) is 0 Å². The molecule has 0 saturated heterocycles. The largest absolute Gasteiger partial charge is 0.393 e. The van der Waals surface area contributed by atoms with Gasteiger partial charge in [-0.15, -0.1) is 0 Å². The van der Waals surface area contributed by atoms with Crippen molar-refractivity contribution >= 4 is 0 Å². The van der Waals surface area contributed by atoms with E-state index in [1.54, 1.807) is 5.57 Å². The maximum Gasteiger partial charge on any atom is 0.0583 e. The monoisotopic (exact) mass is 384 g/mol. The average molecular weight is 385 g/mol. The molecule has 158 valence electrons. The molecule has 28 heavy (non-hydrogen) atoms. The number of aliphatic hydroxyl groups excluding tert-OH is 1. The molecule has 0 spiro atoms. The molecule has 3 saturated carbocycles. The standard InChI is InChI=1S/C27H44O/c1-19(2)8-6-9-21(4)25-15-16-26-22(10-7-17-27(25,26)5)12-13-23-18-24(28)14-11-20(23)3/h12-13,19,21,24-26,28H,3,6-11,14-18H2,1-2,4-5H3/b22-12+,23-13+/t21?,24-,25-,26+,27-/m1/s1. The first-order valence-electron chi connectivity index (χ1n) is 12.1. The van der Waals surface area contributed by atoms with Gasteiger partial charge in [0.25, 0.3) is 0 Å². The van der Waals surface area contributed by atoms with Crippen molar-refractivity contribution in [1.82, 2.24) is 0 Å². The van der Waals surface area contributed by atoms with Gasteiger partial charge in [0.05, 0.1) is 6.10 Å². The molecule has 5 atom stereocenters. The fourth-order valence-electron chi connectivity index (χ4n) is 6.66. The van der Waals surface area contributed by atoms with Gasteiger partial charge in [-0.25, -0.2) is 0 Å². The minimum absolute atomic E-state index is 0.172. The molecular formula is C27H44O. The number of hydrogen-bond acceptors (Lipinski definition) is 1. The summed E-state index contributed by atoms with van der Waals surface area (Å²) in [6.45, 7) is 14.1. The highest BCUT2D eigenvalue weighted by Crippen LogP contribution is 2.59. The Bertz CT molecular complexity index is 610. The van der Waals surface area contributed by atoms with Gasteiger partial charge in [0.1, 0.15) is 0 Å². The molecule has 3 rings (SSSR count). The highest BCUT2D eigenvalue weighted by atomic mass is 16.3. The van der Waals surface area contributed by atoms with Crippen LogP contribution >= 0.6 is 0 Å². The zero-order chi connectivity index (χ0) is 20.3. The smallest absolute Gasteiger partial charge is 0.0583 e. The minimum atomic E-state index is -0.172. The Morgan fingerprint density at radius 3 is 2.64 bits per heavy atom. The van der Waals surface area contributed by atoms with Crippen LogP contribution in [0.5, 0.6) is 0 Å². The summed E-state index contributed by atoms with van der Waals surface area (Å²) in [5, 5.41) is 10.0. The van der Waals surface area contributed by atoms with Crippen LogP contribution in [0.1, 0.15) is 98.3 Å². The summed E-state index contributed by atoms with van der Waals surface area (Å²) < 4.78 is 0. The van der Waals surface area contributed by atoms with Crippen molar-refractivity contribution in [3.63, 3.8) is 0 Å². The van der Waals surface area contributed by atoms with E-state index in [1.807, 2.05) is 0 Å². The number of fused-ring (bicyclic) bond motifs is 1. The molecule has 3 aliphatic rings. The zero-order valence-electron chi connectivity index (χ0n) is 19.0. The Morgan fingerprint density at radius 1 is 1.11 bits per heavy atom. The van der Waals surface area contributed by atoms with E-state index >= 15 is 0 Å². The second-order valence-corrected chi connectivity index (χ2v) is 10.8. The summed E-state index contributed by atoms with van der Waals surface area (Å²) in [6, 6.07) is 0. The van der Waals surface area contributed by atoms with Crippen molar-refractivity contribution in [2.75, 3.05) is 0 Å². The summed E-state index contributed by atoms with van der Waals surface area (Å²) in [6.07, 6.45) is 18.2. The average Bonchev–Trinajstić information content (AvgIpc) is 2.99. The quantitative estimate of drug-likeness (QED) is 0.499. The van der Waals surface area contributed by atoms with Crippen molar-refractivity contribution in [2.24, 2.45) is 29.1 Å². The second-order valence-electron chi connectivity index (χ2n) is 10.8. The Labute approximate surface area is 174 Å². The summed E-state index contributed by atoms with van der Waals surface area (Å²) in [7, 11) is 0. The molecule has 1 unspecified atom stereocenters. The zero-order valence-corrected chi connectivity index (χ0v) is 19.0. The van der Waals surface area contributed by atoms with Crippen LogP contribution in [0.15, 0.2) is 35.5 Å². The van der Waals surface area contributed by atoms with Gasteiger partial charge in [-0.2, -0.15) is 0 Å². The van der Waals surface area contributed by atoms with Gasteiger partial charge >= 0.3 is 0 Å². The first kappa shape index (κ1) is 21.9. The van der Waals surface area contributed by atoms with Crippen LogP contribution in [-0.4, -0.2) is 11.2 Å². The van der Waals surface area contributed by atoms with Crippen molar-refractivity contribution in [2.45, 2.75) is 104 Å². The molecule has 0 aliphatic heterocycles. The lowest BCUT2D eigenvalue weighted by molar-refractivity contribution is 0.0929. The van der Waals surface area contributed by atoms with Gasteiger partial charge in [-0.05, 0) is 86.0 Å². The summed E-state index contributed by atoms with van der Waals surface area (Å²) in [5.41, 5.74) is 4.72. The Balaban J connectivity index is 1.70. The third-order valence-corrected chi connectivity index (χ3v) is 8.35. The third-order valence-electron chi connectivity index (χ3n) is 8.35. The Morgan fingerprint density at radius 2 is 1.89 bits per heavy atom. The second kappa shape index (κ2) is 9.33. The van der Waals surface area contributed by atoms with E-state index in [2.05, 4.69) is 46.4 Å². The number of aliphatic hydroxyl groups is 1. The lowest BCUT2D eigenvalue weighted by Crippen LogP contribution is -2.36. The molecule has 0 radical (unpaired) electrons. The van der Waals surface area contributed by atoms with E-state index in [-0.39, 0.29) is 6.10 Å². The number of rotatable bonds is 6. The van der Waals surface area contributed by atoms with Crippen LogP contribution in [0.4, 0.5) is 0 Å². The highest BCUT2D eigenvalue weighted by Gasteiger charge is 2.50. The molecule has 0 aromatic rings. The van der Waals surface area contributed by atoms with Gasteiger partial charge < -0.3 is 5.11 Å². The predicted octanol–water partition coefficient (Wildman–Crippen LogP) is 7.62. The van der Waals surface area contributed by atoms with Crippen LogP contribution < -0.4 is 0 Å². The molecule has 1 nitrogen and oxygen atoms in total. The predicted molar refractivity (Wildman–Crippen MR) is 121 cm³/mol. The first-order valence-corrected chi connectivity index (χ1v) is 12.1. The lowest BCUT2D eigenvalue weighted by Gasteiger charge is -2.44. The Kier molecular flexibility index (Phi) is 7.29. The highest BCUT2D eigenvalue weighted by molar-refractivity contribution is 5.36. The molecular weight excluding hydrogens is 340 g/mol. The maximum atomic E-state index is 10.0. The van der Waals surface area contributed by atoms with Gasteiger partial charge in [-0.1, -0.05) is 76.8 Å². The molecule has 3 fully saturated rings. The van der Waals surface area contributed by atoms with Crippen molar-refractivity contribution in [1.29, 1.82) is 0 Å². The molecule has 0 amide bonds. The van der Waals surface area contributed by atoms with E-state index in [0.29, 0.717) is 5.41 Å². The van der Waals surface area contributed by atoms with E-state index in [9.17, 15) is 5.11 Å². The van der Waals surface area contributed by atoms with E-state index in [1.165, 1.54) is 62.5 Å². The SMILES string of the molecule is C=C1CC[C@@H](O)C/C1=C\C=C1/CCC[C@]2(C)[C@@H](C(C)CCCC(C)C)CC[C@@H]12. The van der Waals surface area contributed by atoms with Crippen LogP contribution in [0.25, 0.3) is 0 Å². The summed E-state index contributed by atoms with van der Waals surface area (Å²) >= 11 is 0. The normalized spacial score (nSPS) is 37.6. The van der Waals surface area contributed by atoms with E-state index < -0.39 is 0 Å². The first-order chi connectivity index (χ1) is 13.3. The summed E-state index contributed by atoms with van der Waals surface area (Å²) in [4.78, 5) is 0. The van der Waals surface area contributed by atoms with E-state index in [0.717, 1.165) is 42.9 Å². The molecule has 0 aromatic carbocycles. The summed E-state index contributed by atoms with van der Waals surface area (Å²) in [5.74, 6) is 3.37. The fraction of sp³-hybridized carbons (Fsp3) is 0.778. The van der Waals surface area contributed by atoms with E-state index in [4.69, 9.17) is 0 Å². The maximum absolute atomic E-state index is 10.0. The van der Waals surface area contributed by atoms with Crippen molar-refractivity contribution < 1.29 is 5.11 Å². The van der Waals surface area contributed by atoms with Crippen molar-refractivity contribution in [3.8, 4) is 0 Å². The van der Waals surface area contributed by atoms with Gasteiger partial charge in [0.15, 0.2) is 0 Å². The van der Waals surface area contributed by atoms with Crippen molar-refractivity contribution in [3.05, 3.63) is 35.5 Å². The van der Waals surface area contributed by atoms with Crippen LogP contribution in [0.2, 0.25) is 0 Å². The van der Waals surface area contributed by atoms with Gasteiger partial charge in [0, 0.05) is 0 Å². The fourth-order valence-corrected chi connectivity index (χ4v) is 6.66. The molecule has 3 aliphatic carbocycles. The third kappa shape index (κ3) is 4.84. The number of allylic oxidation sites excluding steroid dienone is 4. The molecule has 0 aromatic heterocycles. The molecule has 1 N–H and O–H groups in total. The lowest BCUT2D eigenvalue weighted by atomic mass is 9.60. The van der Waals surface area contributed by atoms with Crippen LogP contribution in [0, 0.1) is 29.1 Å². The molecule has 0 heterocycles.